The number of carbonyl (C=O) groups is 2. The van der Waals surface area contributed by atoms with Gasteiger partial charge in [0.05, 0.1) is 18.5 Å². The number of carbonyl (C=O) groups excluding carboxylic acids is 2. The molecule has 1 N–H and O–H groups in total. The lowest BCUT2D eigenvalue weighted by molar-refractivity contribution is -0.138. The summed E-state index contributed by atoms with van der Waals surface area (Å²) in [6.07, 6.45) is -4.64. The Bertz CT molecular complexity index is 577. The maximum absolute atomic E-state index is 12.6. The average Bonchev–Trinajstić information content (AvgIpc) is 2.35. The van der Waals surface area contributed by atoms with E-state index in [-0.39, 0.29) is 24.4 Å². The Labute approximate surface area is 133 Å². The molecule has 0 bridgehead atoms. The van der Waals surface area contributed by atoms with E-state index in [4.69, 9.17) is 0 Å². The maximum atomic E-state index is 12.6. The van der Waals surface area contributed by atoms with Gasteiger partial charge in [0.25, 0.3) is 0 Å². The highest BCUT2D eigenvalue weighted by molar-refractivity contribution is 5.85. The summed E-state index contributed by atoms with van der Waals surface area (Å²) in [5.41, 5.74) is -0.953. The van der Waals surface area contributed by atoms with Gasteiger partial charge in [0.2, 0.25) is 11.8 Å². The van der Waals surface area contributed by atoms with E-state index in [1.807, 2.05) is 20.8 Å². The lowest BCUT2D eigenvalue weighted by atomic mass is 10.1. The molecule has 0 unspecified atom stereocenters. The van der Waals surface area contributed by atoms with E-state index in [1.54, 1.807) is 0 Å². The zero-order valence-corrected chi connectivity index (χ0v) is 13.6. The first-order valence-electron chi connectivity index (χ1n) is 7.09. The van der Waals surface area contributed by atoms with E-state index in [2.05, 4.69) is 5.32 Å². The van der Waals surface area contributed by atoms with E-state index in [1.165, 1.54) is 24.1 Å². The summed E-state index contributed by atoms with van der Waals surface area (Å²) in [4.78, 5) is 25.0. The van der Waals surface area contributed by atoms with Crippen LogP contribution in [0.15, 0.2) is 24.3 Å². The lowest BCUT2D eigenvalue weighted by Crippen LogP contribution is -2.46. The van der Waals surface area contributed by atoms with Crippen molar-refractivity contribution in [3.05, 3.63) is 35.4 Å². The van der Waals surface area contributed by atoms with E-state index in [0.717, 1.165) is 12.1 Å². The summed E-state index contributed by atoms with van der Waals surface area (Å²) in [6.45, 7) is 5.30. The van der Waals surface area contributed by atoms with Gasteiger partial charge in [-0.2, -0.15) is 13.2 Å². The molecule has 0 aliphatic rings. The molecule has 0 aliphatic heterocycles. The smallest absolute Gasteiger partial charge is 0.350 e. The number of hydrogen-bond donors (Lipinski definition) is 1. The third kappa shape index (κ3) is 6.71. The molecule has 0 fully saturated rings. The monoisotopic (exact) mass is 330 g/mol. The number of hydrogen-bond acceptors (Lipinski definition) is 2. The summed E-state index contributed by atoms with van der Waals surface area (Å²) in [5.74, 6) is -0.745. The number of amides is 2. The number of nitrogens with one attached hydrogen (secondary N) is 1. The van der Waals surface area contributed by atoms with E-state index < -0.39 is 23.2 Å². The fourth-order valence-corrected chi connectivity index (χ4v) is 1.93. The number of nitrogens with zero attached hydrogens (tertiary/aromatic N) is 1. The number of alkyl halides is 3. The zero-order valence-electron chi connectivity index (χ0n) is 13.6. The van der Waals surface area contributed by atoms with Gasteiger partial charge < -0.3 is 10.2 Å². The summed E-state index contributed by atoms with van der Waals surface area (Å²) < 4.78 is 37.9. The molecule has 128 valence electrons. The minimum absolute atomic E-state index is 0.144. The summed E-state index contributed by atoms with van der Waals surface area (Å²) in [7, 11) is 1.44. The van der Waals surface area contributed by atoms with Crippen molar-refractivity contribution in [1.82, 2.24) is 10.2 Å². The van der Waals surface area contributed by atoms with Crippen LogP contribution in [0.3, 0.4) is 0 Å². The number of rotatable bonds is 4. The largest absolute Gasteiger partial charge is 0.416 e. The van der Waals surface area contributed by atoms with Gasteiger partial charge in [0.15, 0.2) is 0 Å². The molecule has 0 spiro atoms. The zero-order chi connectivity index (χ0) is 17.8. The first-order valence-corrected chi connectivity index (χ1v) is 7.09. The van der Waals surface area contributed by atoms with E-state index in [9.17, 15) is 22.8 Å². The molecule has 1 aromatic carbocycles. The van der Waals surface area contributed by atoms with Crippen molar-refractivity contribution in [3.63, 3.8) is 0 Å². The second-order valence-corrected chi connectivity index (χ2v) is 6.42. The molecule has 2 amide bonds. The maximum Gasteiger partial charge on any atom is 0.416 e. The van der Waals surface area contributed by atoms with Crippen molar-refractivity contribution in [1.29, 1.82) is 0 Å². The summed E-state index contributed by atoms with van der Waals surface area (Å²) >= 11 is 0. The number of likely N-dealkylation sites (N-methyl/N-ethyl adjacent to an activating group) is 1. The molecule has 0 aromatic heterocycles. The van der Waals surface area contributed by atoms with E-state index >= 15 is 0 Å². The minimum atomic E-state index is -4.45. The Kier molecular flexibility index (Phi) is 5.80. The average molecular weight is 330 g/mol. The Morgan fingerprint density at radius 2 is 1.78 bits per heavy atom. The lowest BCUT2D eigenvalue weighted by Gasteiger charge is -2.23. The highest BCUT2D eigenvalue weighted by Crippen LogP contribution is 2.29. The topological polar surface area (TPSA) is 49.4 Å². The Morgan fingerprint density at radius 3 is 2.30 bits per heavy atom. The molecule has 0 heterocycles. The summed E-state index contributed by atoms with van der Waals surface area (Å²) in [6, 6.07) is 4.61. The van der Waals surface area contributed by atoms with Crippen molar-refractivity contribution < 1.29 is 22.8 Å². The van der Waals surface area contributed by atoms with Gasteiger partial charge in [-0.15, -0.1) is 0 Å². The molecular formula is C16H21F3N2O2. The van der Waals surface area contributed by atoms with Gasteiger partial charge >= 0.3 is 6.18 Å². The van der Waals surface area contributed by atoms with Crippen LogP contribution in [0.1, 0.15) is 31.9 Å². The highest BCUT2D eigenvalue weighted by atomic mass is 19.4. The summed E-state index contributed by atoms with van der Waals surface area (Å²) in [5, 5.41) is 2.72. The molecule has 23 heavy (non-hydrogen) atoms. The molecule has 0 radical (unpaired) electrons. The van der Waals surface area contributed by atoms with Crippen LogP contribution in [0.2, 0.25) is 0 Å². The number of benzene rings is 1. The molecule has 0 atom stereocenters. The van der Waals surface area contributed by atoms with E-state index in [0.29, 0.717) is 0 Å². The predicted octanol–water partition coefficient (Wildman–Crippen LogP) is 2.62. The van der Waals surface area contributed by atoms with Crippen LogP contribution in [0.4, 0.5) is 13.2 Å². The Balaban J connectivity index is 2.67. The molecule has 0 saturated heterocycles. The standard InChI is InChI=1S/C16H21F3N2O2/c1-15(2,3)20-13(22)10-21(4)14(23)9-11-6-5-7-12(8-11)16(17,18)19/h5-8H,9-10H2,1-4H3,(H,20,22). The van der Waals surface area contributed by atoms with Crippen molar-refractivity contribution in [2.75, 3.05) is 13.6 Å². The minimum Gasteiger partial charge on any atom is -0.350 e. The van der Waals surface area contributed by atoms with Crippen LogP contribution in [0, 0.1) is 0 Å². The normalized spacial score (nSPS) is 12.0. The first-order chi connectivity index (χ1) is 10.4. The van der Waals surface area contributed by atoms with Crippen LogP contribution in [-0.4, -0.2) is 35.8 Å². The molecule has 1 rings (SSSR count). The van der Waals surface area contributed by atoms with Crippen molar-refractivity contribution >= 4 is 11.8 Å². The SMILES string of the molecule is CN(CC(=O)NC(C)(C)C)C(=O)Cc1cccc(C(F)(F)F)c1. The molecule has 4 nitrogen and oxygen atoms in total. The molecule has 0 aliphatic carbocycles. The van der Waals surface area contributed by atoms with Gasteiger partial charge in [-0.1, -0.05) is 18.2 Å². The van der Waals surface area contributed by atoms with Gasteiger partial charge in [0.1, 0.15) is 0 Å². The van der Waals surface area contributed by atoms with Crippen LogP contribution >= 0.6 is 0 Å². The Hall–Kier alpha value is -2.05. The third-order valence-corrected chi connectivity index (χ3v) is 2.93. The second kappa shape index (κ2) is 7.02. The highest BCUT2D eigenvalue weighted by Gasteiger charge is 2.30. The predicted molar refractivity (Wildman–Crippen MR) is 80.7 cm³/mol. The van der Waals surface area contributed by atoms with Crippen LogP contribution in [-0.2, 0) is 22.2 Å². The molecule has 7 heteroatoms. The van der Waals surface area contributed by atoms with Crippen molar-refractivity contribution in [2.24, 2.45) is 0 Å². The van der Waals surface area contributed by atoms with Gasteiger partial charge in [0, 0.05) is 12.6 Å². The fourth-order valence-electron chi connectivity index (χ4n) is 1.93. The van der Waals surface area contributed by atoms with Crippen molar-refractivity contribution in [3.8, 4) is 0 Å². The molecule has 1 aromatic rings. The van der Waals surface area contributed by atoms with Crippen LogP contribution < -0.4 is 5.32 Å². The third-order valence-electron chi connectivity index (χ3n) is 2.93. The molecule has 0 saturated carbocycles. The fraction of sp³-hybridized carbons (Fsp3) is 0.500. The van der Waals surface area contributed by atoms with Gasteiger partial charge in [-0.25, -0.2) is 0 Å². The van der Waals surface area contributed by atoms with Crippen LogP contribution in [0.5, 0.6) is 0 Å². The van der Waals surface area contributed by atoms with Crippen molar-refractivity contribution in [2.45, 2.75) is 38.9 Å². The quantitative estimate of drug-likeness (QED) is 0.923. The Morgan fingerprint density at radius 1 is 1.17 bits per heavy atom. The number of halogens is 3. The van der Waals surface area contributed by atoms with Crippen LogP contribution in [0.25, 0.3) is 0 Å². The van der Waals surface area contributed by atoms with Gasteiger partial charge in [-0.05, 0) is 32.4 Å². The van der Waals surface area contributed by atoms with Gasteiger partial charge in [-0.3, -0.25) is 9.59 Å². The second-order valence-electron chi connectivity index (χ2n) is 6.42. The first kappa shape index (κ1) is 19.0. The molecular weight excluding hydrogens is 309 g/mol.